The molecule has 2 heterocycles. The molecule has 0 aliphatic carbocycles. The van der Waals surface area contributed by atoms with Gasteiger partial charge in [-0.3, -0.25) is 5.10 Å². The molecule has 2 amide bonds. The third-order valence-corrected chi connectivity index (χ3v) is 4.91. The summed E-state index contributed by atoms with van der Waals surface area (Å²) in [6.07, 6.45) is 1.73. The smallest absolute Gasteiger partial charge is 0.323 e. The van der Waals surface area contributed by atoms with E-state index in [1.807, 2.05) is 37.3 Å². The van der Waals surface area contributed by atoms with Crippen LogP contribution in [0.15, 0.2) is 77.3 Å². The SMILES string of the molecule is Cc1ccc2nc(-c3c[nH]nc3-c3cccc(NC(=O)Nc4ccc(F)cc4)c3)oc2c1. The van der Waals surface area contributed by atoms with Crippen LogP contribution in [0.25, 0.3) is 33.8 Å². The van der Waals surface area contributed by atoms with Gasteiger partial charge in [0.1, 0.15) is 17.0 Å². The molecule has 0 aliphatic heterocycles. The number of fused-ring (bicyclic) bond motifs is 1. The van der Waals surface area contributed by atoms with Gasteiger partial charge in [0.2, 0.25) is 5.89 Å². The molecule has 5 rings (SSSR count). The predicted molar refractivity (Wildman–Crippen MR) is 121 cm³/mol. The molecule has 8 heteroatoms. The maximum atomic E-state index is 13.0. The minimum Gasteiger partial charge on any atom is -0.436 e. The minimum absolute atomic E-state index is 0.368. The first-order valence-electron chi connectivity index (χ1n) is 9.90. The van der Waals surface area contributed by atoms with Gasteiger partial charge in [-0.15, -0.1) is 0 Å². The lowest BCUT2D eigenvalue weighted by Gasteiger charge is -2.09. The number of aromatic nitrogens is 3. The van der Waals surface area contributed by atoms with E-state index in [0.717, 1.165) is 16.6 Å². The number of anilines is 2. The van der Waals surface area contributed by atoms with Crippen LogP contribution in [0.5, 0.6) is 0 Å². The molecule has 0 radical (unpaired) electrons. The Morgan fingerprint density at radius 2 is 1.81 bits per heavy atom. The van der Waals surface area contributed by atoms with E-state index in [1.54, 1.807) is 18.3 Å². The average molecular weight is 427 g/mol. The van der Waals surface area contributed by atoms with Crippen molar-refractivity contribution >= 4 is 28.5 Å². The predicted octanol–water partition coefficient (Wildman–Crippen LogP) is 5.98. The van der Waals surface area contributed by atoms with Gasteiger partial charge in [-0.25, -0.2) is 14.2 Å². The second-order valence-electron chi connectivity index (χ2n) is 7.30. The van der Waals surface area contributed by atoms with Crippen molar-refractivity contribution in [2.75, 3.05) is 10.6 Å². The number of nitrogens with zero attached hydrogens (tertiary/aromatic N) is 2. The number of amides is 2. The Hall–Kier alpha value is -4.46. The maximum absolute atomic E-state index is 13.0. The molecule has 0 spiro atoms. The molecule has 2 aromatic heterocycles. The first-order chi connectivity index (χ1) is 15.5. The van der Waals surface area contributed by atoms with Crippen molar-refractivity contribution in [1.29, 1.82) is 0 Å². The number of aromatic amines is 1. The second-order valence-corrected chi connectivity index (χ2v) is 7.30. The molecule has 3 aromatic carbocycles. The van der Waals surface area contributed by atoms with Crippen molar-refractivity contribution in [3.8, 4) is 22.7 Å². The molecular weight excluding hydrogens is 409 g/mol. The Morgan fingerprint density at radius 3 is 2.66 bits per heavy atom. The lowest BCUT2D eigenvalue weighted by molar-refractivity contribution is 0.262. The first-order valence-corrected chi connectivity index (χ1v) is 9.90. The Morgan fingerprint density at radius 1 is 1.00 bits per heavy atom. The summed E-state index contributed by atoms with van der Waals surface area (Å²) in [5.74, 6) is 0.0920. The van der Waals surface area contributed by atoms with Gasteiger partial charge in [-0.1, -0.05) is 18.2 Å². The van der Waals surface area contributed by atoms with Gasteiger partial charge >= 0.3 is 6.03 Å². The number of hydrogen-bond donors (Lipinski definition) is 3. The quantitative estimate of drug-likeness (QED) is 0.329. The lowest BCUT2D eigenvalue weighted by Crippen LogP contribution is -2.19. The summed E-state index contributed by atoms with van der Waals surface area (Å²) >= 11 is 0. The van der Waals surface area contributed by atoms with Crippen molar-refractivity contribution < 1.29 is 13.6 Å². The van der Waals surface area contributed by atoms with Crippen molar-refractivity contribution in [2.24, 2.45) is 0 Å². The number of H-pyrrole nitrogens is 1. The van der Waals surface area contributed by atoms with E-state index < -0.39 is 6.03 Å². The highest BCUT2D eigenvalue weighted by Gasteiger charge is 2.17. The molecule has 0 aliphatic rings. The molecule has 0 fully saturated rings. The number of benzene rings is 3. The summed E-state index contributed by atoms with van der Waals surface area (Å²) in [4.78, 5) is 16.9. The zero-order valence-corrected chi connectivity index (χ0v) is 17.0. The molecular formula is C24H18FN5O2. The van der Waals surface area contributed by atoms with Gasteiger partial charge in [0.05, 0.1) is 5.56 Å². The van der Waals surface area contributed by atoms with E-state index in [4.69, 9.17) is 4.42 Å². The molecule has 7 nitrogen and oxygen atoms in total. The number of carbonyl (C=O) groups is 1. The highest BCUT2D eigenvalue weighted by Crippen LogP contribution is 2.33. The van der Waals surface area contributed by atoms with Gasteiger partial charge in [-0.05, 0) is 61.0 Å². The van der Waals surface area contributed by atoms with E-state index in [0.29, 0.717) is 34.1 Å². The lowest BCUT2D eigenvalue weighted by atomic mass is 10.1. The number of nitrogens with one attached hydrogen (secondary N) is 3. The monoisotopic (exact) mass is 427 g/mol. The standard InChI is InChI=1S/C24H18FN5O2/c1-14-5-10-20-21(11-14)32-23(29-20)19-13-26-30-22(19)15-3-2-4-18(12-15)28-24(31)27-17-8-6-16(25)7-9-17/h2-13H,1H3,(H,26,30)(H2,27,28,31). The van der Waals surface area contributed by atoms with Gasteiger partial charge in [0.25, 0.3) is 0 Å². The highest BCUT2D eigenvalue weighted by atomic mass is 19.1. The van der Waals surface area contributed by atoms with Crippen LogP contribution >= 0.6 is 0 Å². The number of halogens is 1. The van der Waals surface area contributed by atoms with Crippen LogP contribution in [-0.4, -0.2) is 21.2 Å². The summed E-state index contributed by atoms with van der Waals surface area (Å²) in [5.41, 5.74) is 5.77. The van der Waals surface area contributed by atoms with Gasteiger partial charge in [0.15, 0.2) is 5.58 Å². The average Bonchev–Trinajstić information content (AvgIpc) is 3.42. The summed E-state index contributed by atoms with van der Waals surface area (Å²) in [6.45, 7) is 2.00. The van der Waals surface area contributed by atoms with Crippen LogP contribution < -0.4 is 10.6 Å². The fourth-order valence-corrected chi connectivity index (χ4v) is 3.39. The Labute approximate surface area is 182 Å². The number of rotatable bonds is 4. The fraction of sp³-hybridized carbons (Fsp3) is 0.0417. The van der Waals surface area contributed by atoms with Crippen LogP contribution in [0.4, 0.5) is 20.6 Å². The Kier molecular flexibility index (Phi) is 4.87. The molecule has 0 bridgehead atoms. The number of oxazole rings is 1. The molecule has 0 saturated heterocycles. The van der Waals surface area contributed by atoms with Crippen molar-refractivity contribution in [1.82, 2.24) is 15.2 Å². The number of urea groups is 1. The third-order valence-electron chi connectivity index (χ3n) is 4.91. The van der Waals surface area contributed by atoms with Gasteiger partial charge < -0.3 is 15.1 Å². The summed E-state index contributed by atoms with van der Waals surface area (Å²) < 4.78 is 19.0. The number of hydrogen-bond acceptors (Lipinski definition) is 4. The van der Waals surface area contributed by atoms with Crippen LogP contribution in [0.1, 0.15) is 5.56 Å². The maximum Gasteiger partial charge on any atom is 0.323 e. The highest BCUT2D eigenvalue weighted by molar-refractivity contribution is 6.00. The molecule has 158 valence electrons. The topological polar surface area (TPSA) is 95.8 Å². The summed E-state index contributed by atoms with van der Waals surface area (Å²) in [5, 5.41) is 12.7. The second kappa shape index (κ2) is 7.99. The van der Waals surface area contributed by atoms with Crippen LogP contribution in [-0.2, 0) is 0 Å². The molecule has 0 saturated carbocycles. The van der Waals surface area contributed by atoms with E-state index in [1.165, 1.54) is 24.3 Å². The van der Waals surface area contributed by atoms with Gasteiger partial charge in [0, 0.05) is 23.1 Å². The van der Waals surface area contributed by atoms with Crippen molar-refractivity contribution in [3.05, 3.63) is 84.3 Å². The molecule has 0 atom stereocenters. The molecule has 32 heavy (non-hydrogen) atoms. The van der Waals surface area contributed by atoms with Crippen LogP contribution in [0.3, 0.4) is 0 Å². The third kappa shape index (κ3) is 3.93. The number of aryl methyl sites for hydroxylation is 1. The Bertz CT molecular complexity index is 1420. The summed E-state index contributed by atoms with van der Waals surface area (Å²) in [7, 11) is 0. The Balaban J connectivity index is 1.39. The van der Waals surface area contributed by atoms with Crippen LogP contribution in [0.2, 0.25) is 0 Å². The van der Waals surface area contributed by atoms with E-state index in [9.17, 15) is 9.18 Å². The molecule has 5 aromatic rings. The minimum atomic E-state index is -0.440. The largest absolute Gasteiger partial charge is 0.436 e. The first kappa shape index (κ1) is 19.5. The van der Waals surface area contributed by atoms with Crippen molar-refractivity contribution in [2.45, 2.75) is 6.92 Å². The molecule has 0 unspecified atom stereocenters. The van der Waals surface area contributed by atoms with E-state index in [2.05, 4.69) is 25.8 Å². The van der Waals surface area contributed by atoms with E-state index in [-0.39, 0.29) is 5.82 Å². The van der Waals surface area contributed by atoms with E-state index >= 15 is 0 Å². The van der Waals surface area contributed by atoms with Gasteiger partial charge in [-0.2, -0.15) is 5.10 Å². The zero-order valence-electron chi connectivity index (χ0n) is 17.0. The van der Waals surface area contributed by atoms with Crippen LogP contribution in [0, 0.1) is 12.7 Å². The molecule has 3 N–H and O–H groups in total. The number of carbonyl (C=O) groups excluding carboxylic acids is 1. The van der Waals surface area contributed by atoms with Crippen molar-refractivity contribution in [3.63, 3.8) is 0 Å². The normalized spacial score (nSPS) is 10.9. The summed E-state index contributed by atoms with van der Waals surface area (Å²) in [6, 6.07) is 18.2. The zero-order chi connectivity index (χ0) is 22.1. The fourth-order valence-electron chi connectivity index (χ4n) is 3.39.